The van der Waals surface area contributed by atoms with E-state index in [1.165, 1.54) is 0 Å². The van der Waals surface area contributed by atoms with Crippen LogP contribution in [-0.2, 0) is 0 Å². The number of carbonyl (C=O) groups excluding carboxylic acids is 1. The average Bonchev–Trinajstić information content (AvgIpc) is 2.31. The summed E-state index contributed by atoms with van der Waals surface area (Å²) in [4.78, 5) is 12.2. The lowest BCUT2D eigenvalue weighted by atomic mass is 10.0. The van der Waals surface area contributed by atoms with E-state index >= 15 is 0 Å². The van der Waals surface area contributed by atoms with Crippen LogP contribution in [0.25, 0.3) is 0 Å². The van der Waals surface area contributed by atoms with Crippen molar-refractivity contribution in [2.75, 3.05) is 0 Å². The summed E-state index contributed by atoms with van der Waals surface area (Å²) in [7, 11) is 0. The van der Waals surface area contributed by atoms with Crippen molar-refractivity contribution in [1.29, 1.82) is 0 Å². The van der Waals surface area contributed by atoms with Gasteiger partial charge in [0.15, 0.2) is 5.78 Å². The van der Waals surface area contributed by atoms with Crippen LogP contribution in [0.4, 0.5) is 8.78 Å². The molecule has 98 valence electrons. The third-order valence-corrected chi connectivity index (χ3v) is 3.62. The van der Waals surface area contributed by atoms with E-state index in [9.17, 15) is 13.6 Å². The van der Waals surface area contributed by atoms with E-state index < -0.39 is 17.4 Å². The zero-order valence-electron chi connectivity index (χ0n) is 9.81. The van der Waals surface area contributed by atoms with Gasteiger partial charge in [0, 0.05) is 10.0 Å². The van der Waals surface area contributed by atoms with Crippen LogP contribution in [0.15, 0.2) is 39.3 Å². The number of carbonyl (C=O) groups is 1. The third-order valence-electron chi connectivity index (χ3n) is 2.56. The zero-order chi connectivity index (χ0) is 14.2. The molecule has 2 rings (SSSR count). The van der Waals surface area contributed by atoms with Gasteiger partial charge in [-0.25, -0.2) is 8.78 Å². The Bertz CT molecular complexity index is 648. The van der Waals surface area contributed by atoms with Crippen LogP contribution in [0.3, 0.4) is 0 Å². The second kappa shape index (κ2) is 5.51. The SMILES string of the molecule is Cc1cc(Br)cc(C(=O)c2cc(F)c(Br)cc2F)c1. The standard InChI is InChI=1S/C14H8Br2F2O/c1-7-2-8(4-9(15)3-7)14(19)10-5-13(18)11(16)6-12(10)17/h2-6H,1H3. The molecule has 0 heterocycles. The molecule has 0 spiro atoms. The number of halogens is 4. The Morgan fingerprint density at radius 1 is 1.00 bits per heavy atom. The molecule has 5 heteroatoms. The Hall–Kier alpha value is -1.07. The van der Waals surface area contributed by atoms with Crippen molar-refractivity contribution in [3.05, 3.63) is 67.6 Å². The van der Waals surface area contributed by atoms with Gasteiger partial charge < -0.3 is 0 Å². The molecule has 0 aliphatic rings. The molecule has 0 aliphatic heterocycles. The Kier molecular flexibility index (Phi) is 4.16. The van der Waals surface area contributed by atoms with Gasteiger partial charge in [-0.1, -0.05) is 15.9 Å². The van der Waals surface area contributed by atoms with Crippen LogP contribution in [0.5, 0.6) is 0 Å². The van der Waals surface area contributed by atoms with E-state index in [0.717, 1.165) is 17.7 Å². The molecule has 0 aliphatic carbocycles. The fraction of sp³-hybridized carbons (Fsp3) is 0.0714. The van der Waals surface area contributed by atoms with Gasteiger partial charge in [0.2, 0.25) is 0 Å². The van der Waals surface area contributed by atoms with Gasteiger partial charge in [0.05, 0.1) is 10.0 Å². The maximum atomic E-state index is 13.7. The highest BCUT2D eigenvalue weighted by Crippen LogP contribution is 2.23. The van der Waals surface area contributed by atoms with Gasteiger partial charge in [-0.05, 0) is 58.7 Å². The molecular formula is C14H8Br2F2O. The van der Waals surface area contributed by atoms with Crippen molar-refractivity contribution >= 4 is 37.6 Å². The Labute approximate surface area is 125 Å². The predicted octanol–water partition coefficient (Wildman–Crippen LogP) is 5.03. The normalized spacial score (nSPS) is 10.6. The number of aryl methyl sites for hydroxylation is 1. The van der Waals surface area contributed by atoms with Gasteiger partial charge in [-0.3, -0.25) is 4.79 Å². The zero-order valence-corrected chi connectivity index (χ0v) is 13.0. The summed E-state index contributed by atoms with van der Waals surface area (Å²) >= 11 is 6.15. The molecule has 0 N–H and O–H groups in total. The first-order valence-electron chi connectivity index (χ1n) is 5.35. The highest BCUT2D eigenvalue weighted by molar-refractivity contribution is 9.10. The maximum Gasteiger partial charge on any atom is 0.196 e. The van der Waals surface area contributed by atoms with E-state index in [1.807, 2.05) is 13.0 Å². The van der Waals surface area contributed by atoms with Crippen LogP contribution in [0.2, 0.25) is 0 Å². The summed E-state index contributed by atoms with van der Waals surface area (Å²) in [5, 5.41) is 0. The quantitative estimate of drug-likeness (QED) is 0.520. The van der Waals surface area contributed by atoms with Crippen LogP contribution in [-0.4, -0.2) is 5.78 Å². The van der Waals surface area contributed by atoms with Crippen molar-refractivity contribution in [1.82, 2.24) is 0 Å². The summed E-state index contributed by atoms with van der Waals surface area (Å²) in [5.74, 6) is -1.97. The number of benzene rings is 2. The van der Waals surface area contributed by atoms with Crippen LogP contribution < -0.4 is 0 Å². The first kappa shape index (κ1) is 14.3. The summed E-state index contributed by atoms with van der Waals surface area (Å²) < 4.78 is 27.9. The smallest absolute Gasteiger partial charge is 0.196 e. The predicted molar refractivity (Wildman–Crippen MR) is 76.4 cm³/mol. The Balaban J connectivity index is 2.53. The second-order valence-electron chi connectivity index (χ2n) is 4.09. The molecule has 0 unspecified atom stereocenters. The first-order valence-corrected chi connectivity index (χ1v) is 6.93. The van der Waals surface area contributed by atoms with E-state index in [2.05, 4.69) is 31.9 Å². The van der Waals surface area contributed by atoms with Gasteiger partial charge in [-0.2, -0.15) is 0 Å². The minimum Gasteiger partial charge on any atom is -0.288 e. The third kappa shape index (κ3) is 3.09. The van der Waals surface area contributed by atoms with E-state index in [1.54, 1.807) is 12.1 Å². The number of hydrogen-bond acceptors (Lipinski definition) is 1. The maximum absolute atomic E-state index is 13.7. The number of rotatable bonds is 2. The van der Waals surface area contributed by atoms with Crippen LogP contribution in [0.1, 0.15) is 21.5 Å². The molecule has 0 amide bonds. The Morgan fingerprint density at radius 3 is 2.32 bits per heavy atom. The largest absolute Gasteiger partial charge is 0.288 e. The lowest BCUT2D eigenvalue weighted by Crippen LogP contribution is -2.06. The lowest BCUT2D eigenvalue weighted by molar-refractivity contribution is 0.103. The van der Waals surface area contributed by atoms with Crippen LogP contribution in [0, 0.1) is 18.6 Å². The number of ketones is 1. The van der Waals surface area contributed by atoms with E-state index in [4.69, 9.17) is 0 Å². The topological polar surface area (TPSA) is 17.1 Å². The van der Waals surface area contributed by atoms with Crippen molar-refractivity contribution in [3.63, 3.8) is 0 Å². The van der Waals surface area contributed by atoms with Crippen molar-refractivity contribution < 1.29 is 13.6 Å². The molecule has 0 fully saturated rings. The summed E-state index contributed by atoms with van der Waals surface area (Å²) in [6.07, 6.45) is 0. The fourth-order valence-corrected chi connectivity index (χ4v) is 2.64. The van der Waals surface area contributed by atoms with E-state index in [-0.39, 0.29) is 10.0 Å². The minimum atomic E-state index is -0.754. The van der Waals surface area contributed by atoms with Gasteiger partial charge in [0.25, 0.3) is 0 Å². The second-order valence-corrected chi connectivity index (χ2v) is 5.86. The molecular weight excluding hydrogens is 382 g/mol. The molecule has 0 saturated heterocycles. The van der Waals surface area contributed by atoms with Crippen LogP contribution >= 0.6 is 31.9 Å². The van der Waals surface area contributed by atoms with Gasteiger partial charge in [-0.15, -0.1) is 0 Å². The number of hydrogen-bond donors (Lipinski definition) is 0. The van der Waals surface area contributed by atoms with Crippen molar-refractivity contribution in [2.45, 2.75) is 6.92 Å². The van der Waals surface area contributed by atoms with Gasteiger partial charge in [0.1, 0.15) is 11.6 Å². The molecule has 1 nitrogen and oxygen atoms in total. The minimum absolute atomic E-state index is 0.00743. The molecule has 19 heavy (non-hydrogen) atoms. The summed E-state index contributed by atoms with van der Waals surface area (Å²) in [6, 6.07) is 6.89. The molecule has 0 saturated carbocycles. The Morgan fingerprint density at radius 2 is 1.68 bits per heavy atom. The van der Waals surface area contributed by atoms with Gasteiger partial charge >= 0.3 is 0 Å². The molecule has 0 bridgehead atoms. The van der Waals surface area contributed by atoms with E-state index in [0.29, 0.717) is 10.0 Å². The molecule has 0 aromatic heterocycles. The monoisotopic (exact) mass is 388 g/mol. The van der Waals surface area contributed by atoms with Crippen molar-refractivity contribution in [2.24, 2.45) is 0 Å². The summed E-state index contributed by atoms with van der Waals surface area (Å²) in [6.45, 7) is 1.82. The lowest BCUT2D eigenvalue weighted by Gasteiger charge is -2.06. The average molecular weight is 390 g/mol. The molecule has 2 aromatic carbocycles. The molecule has 0 atom stereocenters. The first-order chi connectivity index (χ1) is 8.88. The van der Waals surface area contributed by atoms with Crippen molar-refractivity contribution in [3.8, 4) is 0 Å². The fourth-order valence-electron chi connectivity index (χ4n) is 1.72. The highest BCUT2D eigenvalue weighted by Gasteiger charge is 2.17. The highest BCUT2D eigenvalue weighted by atomic mass is 79.9. The molecule has 2 aromatic rings. The molecule has 0 radical (unpaired) electrons. The summed E-state index contributed by atoms with van der Waals surface area (Å²) in [5.41, 5.74) is 0.890.